The van der Waals surface area contributed by atoms with E-state index in [1.165, 1.54) is 99.4 Å². The normalized spacial score (nSPS) is 19.1. The van der Waals surface area contributed by atoms with Crippen molar-refractivity contribution >= 4 is 63.1 Å². The molecule has 7 aromatic rings. The number of benzene rings is 7. The summed E-state index contributed by atoms with van der Waals surface area (Å²) in [7, 11) is 0. The number of hydrogen-bond acceptors (Lipinski definition) is 3. The quantitative estimate of drug-likeness (QED) is 0.162. The van der Waals surface area contributed by atoms with Crippen molar-refractivity contribution in [1.82, 2.24) is 0 Å². The van der Waals surface area contributed by atoms with Crippen LogP contribution in [-0.4, -0.2) is 12.2 Å². The van der Waals surface area contributed by atoms with Crippen molar-refractivity contribution in [3.05, 3.63) is 161 Å². The van der Waals surface area contributed by atoms with Crippen molar-refractivity contribution in [3.63, 3.8) is 0 Å². The number of hydrogen-bond donors (Lipinski definition) is 0. The number of para-hydroxylation sites is 1. The maximum absolute atomic E-state index is 2.73. The summed E-state index contributed by atoms with van der Waals surface area (Å²) in [5.74, 6) is 0.347. The number of fused-ring (bicyclic) bond motifs is 13. The van der Waals surface area contributed by atoms with Gasteiger partial charge in [-0.3, -0.25) is 0 Å². The van der Waals surface area contributed by atoms with Gasteiger partial charge in [-0.15, -0.1) is 0 Å². The average Bonchev–Trinajstić information content (AvgIpc) is 3.75. The van der Waals surface area contributed by atoms with E-state index in [0.29, 0.717) is 11.3 Å². The van der Waals surface area contributed by atoms with Crippen LogP contribution in [0.15, 0.2) is 138 Å². The summed E-state index contributed by atoms with van der Waals surface area (Å²) in [6, 6.07) is 51.3. The molecule has 0 bridgehead atoms. The van der Waals surface area contributed by atoms with Gasteiger partial charge >= 0.3 is 6.85 Å². The molecule has 12 rings (SSSR count). The van der Waals surface area contributed by atoms with Crippen LogP contribution in [0.2, 0.25) is 0 Å². The van der Waals surface area contributed by atoms with Crippen molar-refractivity contribution in [3.8, 4) is 22.3 Å². The molecule has 0 N–H and O–H groups in total. The second-order valence-corrected chi connectivity index (χ2v) is 16.5. The van der Waals surface area contributed by atoms with Crippen LogP contribution >= 0.6 is 11.8 Å². The van der Waals surface area contributed by atoms with E-state index in [0.717, 1.165) is 0 Å². The van der Waals surface area contributed by atoms with Gasteiger partial charge in [0.25, 0.3) is 0 Å². The Morgan fingerprint density at radius 1 is 0.620 bits per heavy atom. The molecule has 4 heteroatoms. The minimum atomic E-state index is -0.0798. The van der Waals surface area contributed by atoms with Gasteiger partial charge in [0.2, 0.25) is 0 Å². The van der Waals surface area contributed by atoms with Gasteiger partial charge in [0, 0.05) is 44.5 Å². The summed E-state index contributed by atoms with van der Waals surface area (Å²) >= 11 is 2.04. The molecule has 4 heterocycles. The smallest absolute Gasteiger partial charge is 0.333 e. The zero-order valence-electron chi connectivity index (χ0n) is 28.2. The molecule has 0 saturated heterocycles. The molecule has 0 amide bonds. The lowest BCUT2D eigenvalue weighted by atomic mass is 9.43. The lowest BCUT2D eigenvalue weighted by Gasteiger charge is -2.46. The van der Waals surface area contributed by atoms with Crippen LogP contribution in [0.5, 0.6) is 0 Å². The van der Waals surface area contributed by atoms with Gasteiger partial charge in [-0.05, 0) is 110 Å². The monoisotopic (exact) mass is 656 g/mol. The molecule has 2 atom stereocenters. The van der Waals surface area contributed by atoms with Crippen molar-refractivity contribution in [2.75, 3.05) is 9.71 Å². The Balaban J connectivity index is 1.17. The number of nitrogens with zero attached hydrogens (tertiary/aromatic N) is 2. The minimum absolute atomic E-state index is 0.0458. The maximum atomic E-state index is 2.73. The average molecular weight is 657 g/mol. The van der Waals surface area contributed by atoms with E-state index >= 15 is 0 Å². The molecule has 50 heavy (non-hydrogen) atoms. The summed E-state index contributed by atoms with van der Waals surface area (Å²) in [6.07, 6.45) is 0. The number of thioether (sulfide) groups is 1. The van der Waals surface area contributed by atoms with Crippen LogP contribution in [0.3, 0.4) is 0 Å². The van der Waals surface area contributed by atoms with Crippen LogP contribution < -0.4 is 20.6 Å². The molecule has 7 aromatic carbocycles. The van der Waals surface area contributed by atoms with Gasteiger partial charge in [0.1, 0.15) is 0 Å². The van der Waals surface area contributed by atoms with Gasteiger partial charge in [-0.1, -0.05) is 123 Å². The topological polar surface area (TPSA) is 6.48 Å². The van der Waals surface area contributed by atoms with Crippen LogP contribution in [0.1, 0.15) is 47.6 Å². The van der Waals surface area contributed by atoms with Gasteiger partial charge in [-0.2, -0.15) is 0 Å². The largest absolute Gasteiger partial charge is 0.376 e. The van der Waals surface area contributed by atoms with E-state index in [2.05, 4.69) is 164 Å². The number of aryl methyl sites for hydroxylation is 1. The minimum Gasteiger partial charge on any atom is -0.376 e. The summed E-state index contributed by atoms with van der Waals surface area (Å²) < 4.78 is 0. The molecule has 0 spiro atoms. The van der Waals surface area contributed by atoms with Gasteiger partial charge in [-0.25, -0.2) is 0 Å². The van der Waals surface area contributed by atoms with E-state index in [-0.39, 0.29) is 12.3 Å². The molecule has 236 valence electrons. The number of anilines is 4. The zero-order chi connectivity index (χ0) is 33.0. The lowest BCUT2D eigenvalue weighted by Crippen LogP contribution is -2.62. The molecular weight excluding hydrogens is 623 g/mol. The Morgan fingerprint density at radius 3 is 2.28 bits per heavy atom. The van der Waals surface area contributed by atoms with E-state index < -0.39 is 0 Å². The fourth-order valence-corrected chi connectivity index (χ4v) is 11.8. The molecule has 0 fully saturated rings. The third-order valence-corrected chi connectivity index (χ3v) is 13.7. The predicted octanol–water partition coefficient (Wildman–Crippen LogP) is 10.4. The maximum Gasteiger partial charge on any atom is 0.333 e. The third-order valence-electron chi connectivity index (χ3n) is 12.4. The molecular formula is C46H33BN2S. The zero-order valence-corrected chi connectivity index (χ0v) is 29.1. The van der Waals surface area contributed by atoms with Crippen molar-refractivity contribution in [2.45, 2.75) is 42.4 Å². The van der Waals surface area contributed by atoms with Gasteiger partial charge < -0.3 is 9.71 Å². The van der Waals surface area contributed by atoms with Crippen molar-refractivity contribution in [1.29, 1.82) is 0 Å². The molecule has 0 radical (unpaired) electrons. The predicted molar refractivity (Wildman–Crippen MR) is 212 cm³/mol. The molecule has 2 unspecified atom stereocenters. The summed E-state index contributed by atoms with van der Waals surface area (Å²) in [4.78, 5) is 6.85. The fraction of sp³-hybridized carbons (Fsp3) is 0.130. The molecule has 4 aliphatic heterocycles. The highest BCUT2D eigenvalue weighted by Crippen LogP contribution is 2.61. The second-order valence-electron chi connectivity index (χ2n) is 15.3. The SMILES string of the molecule is Cc1cc2c3c(c1)N1c4c(cccc4C4c5ccccc5SC41)B3N(c1ccc3c(c1)C(C)(C)c1ccccc1-3)c1cc3ccccc3cc1-2. The van der Waals surface area contributed by atoms with Crippen LogP contribution in [0, 0.1) is 6.92 Å². The lowest BCUT2D eigenvalue weighted by molar-refractivity contribution is 0.660. The summed E-state index contributed by atoms with van der Waals surface area (Å²) in [5.41, 5.74) is 20.6. The Hall–Kier alpha value is -5.19. The Kier molecular flexibility index (Phi) is 5.15. The number of rotatable bonds is 1. The summed E-state index contributed by atoms with van der Waals surface area (Å²) in [6.45, 7) is 7.12. The highest BCUT2D eigenvalue weighted by molar-refractivity contribution is 8.00. The second kappa shape index (κ2) is 9.32. The van der Waals surface area contributed by atoms with E-state index in [1.807, 2.05) is 11.8 Å². The van der Waals surface area contributed by atoms with Crippen LogP contribution in [0.25, 0.3) is 33.0 Å². The van der Waals surface area contributed by atoms with Gasteiger partial charge in [0.05, 0.1) is 5.37 Å². The molecule has 0 aromatic heterocycles. The Labute approximate surface area is 297 Å². The standard InChI is InChI=1S/C46H33BN2S/c1-26-21-35-34-23-27-11-4-5-12-28(27)24-39(34)49(29-19-20-31-30-13-6-8-16-36(30)46(2,3)37(31)25-29)47-38-17-10-15-33-42-32-14-7-9-18-41(32)50-45(42)48(44(33)38)40(22-26)43(35)47/h4-25,42,45H,1-3H3. The highest BCUT2D eigenvalue weighted by Gasteiger charge is 2.54. The summed E-state index contributed by atoms with van der Waals surface area (Å²) in [5, 5.41) is 2.87. The Morgan fingerprint density at radius 2 is 1.38 bits per heavy atom. The first-order valence-electron chi connectivity index (χ1n) is 17.9. The molecule has 1 aliphatic carbocycles. The van der Waals surface area contributed by atoms with E-state index in [1.54, 1.807) is 0 Å². The fourth-order valence-electron chi connectivity index (χ4n) is 10.3. The van der Waals surface area contributed by atoms with E-state index in [9.17, 15) is 0 Å². The first kappa shape index (κ1) is 27.6. The van der Waals surface area contributed by atoms with Crippen molar-refractivity contribution < 1.29 is 0 Å². The van der Waals surface area contributed by atoms with Crippen LogP contribution in [-0.2, 0) is 5.41 Å². The van der Waals surface area contributed by atoms with Gasteiger partial charge in [0.15, 0.2) is 0 Å². The Bertz CT molecular complexity index is 2680. The first-order chi connectivity index (χ1) is 24.5. The molecule has 0 saturated carbocycles. The third kappa shape index (κ3) is 3.29. The van der Waals surface area contributed by atoms with Crippen molar-refractivity contribution in [2.24, 2.45) is 0 Å². The molecule has 5 aliphatic rings. The molecule has 2 nitrogen and oxygen atoms in total. The first-order valence-corrected chi connectivity index (χ1v) is 18.7. The van der Waals surface area contributed by atoms with E-state index in [4.69, 9.17) is 0 Å². The van der Waals surface area contributed by atoms with Crippen LogP contribution in [0.4, 0.5) is 22.7 Å². The highest BCUT2D eigenvalue weighted by atomic mass is 32.2.